The van der Waals surface area contributed by atoms with E-state index in [-0.39, 0.29) is 5.69 Å². The number of nitrogen functional groups attached to an aromatic ring is 1. The second-order valence-corrected chi connectivity index (χ2v) is 4.83. The minimum atomic E-state index is -0.482. The van der Waals surface area contributed by atoms with Crippen LogP contribution in [0, 0.1) is 6.92 Å². The Hall–Kier alpha value is -2.30. The third kappa shape index (κ3) is 2.91. The molecule has 5 heteroatoms. The quantitative estimate of drug-likeness (QED) is 0.858. The largest absolute Gasteiger partial charge is 0.461 e. The summed E-state index contributed by atoms with van der Waals surface area (Å²) < 4.78 is 6.81. The number of esters is 1. The molecule has 0 aliphatic carbocycles. The van der Waals surface area contributed by atoms with Gasteiger partial charge in [0.2, 0.25) is 0 Å². The van der Waals surface area contributed by atoms with Gasteiger partial charge in [-0.2, -0.15) is 0 Å². The van der Waals surface area contributed by atoms with Gasteiger partial charge in [0.25, 0.3) is 0 Å². The first-order chi connectivity index (χ1) is 10.1. The van der Waals surface area contributed by atoms with E-state index < -0.39 is 5.97 Å². The summed E-state index contributed by atoms with van der Waals surface area (Å²) in [4.78, 5) is 16.2. The van der Waals surface area contributed by atoms with Gasteiger partial charge in [-0.3, -0.25) is 4.57 Å². The number of rotatable bonds is 5. The Morgan fingerprint density at radius 3 is 2.71 bits per heavy atom. The van der Waals surface area contributed by atoms with Gasteiger partial charge in [-0.05, 0) is 31.9 Å². The lowest BCUT2D eigenvalue weighted by atomic mass is 10.1. The van der Waals surface area contributed by atoms with Gasteiger partial charge in [-0.1, -0.05) is 31.5 Å². The minimum absolute atomic E-state index is 0.181. The topological polar surface area (TPSA) is 70.1 Å². The highest BCUT2D eigenvalue weighted by Gasteiger charge is 2.21. The highest BCUT2D eigenvalue weighted by molar-refractivity contribution is 5.92. The number of nitrogens with two attached hydrogens (primary N) is 1. The molecule has 0 spiro atoms. The van der Waals surface area contributed by atoms with Gasteiger partial charge in [0, 0.05) is 0 Å². The Bertz CT molecular complexity index is 647. The van der Waals surface area contributed by atoms with Crippen molar-refractivity contribution in [1.29, 1.82) is 0 Å². The fourth-order valence-corrected chi connectivity index (χ4v) is 2.41. The number of carbonyl (C=O) groups excluding carboxylic acids is 1. The molecule has 112 valence electrons. The number of hydrogen-bond donors (Lipinski definition) is 1. The van der Waals surface area contributed by atoms with Crippen molar-refractivity contribution in [2.75, 3.05) is 12.3 Å². The molecule has 21 heavy (non-hydrogen) atoms. The van der Waals surface area contributed by atoms with Gasteiger partial charge in [0.15, 0.2) is 5.69 Å². The average molecular weight is 287 g/mol. The van der Waals surface area contributed by atoms with Crippen LogP contribution in [0.4, 0.5) is 5.82 Å². The minimum Gasteiger partial charge on any atom is -0.461 e. The fourth-order valence-electron chi connectivity index (χ4n) is 2.41. The van der Waals surface area contributed by atoms with Crippen LogP contribution < -0.4 is 5.73 Å². The van der Waals surface area contributed by atoms with Crippen molar-refractivity contribution in [1.82, 2.24) is 9.55 Å². The molecule has 0 amide bonds. The average Bonchev–Trinajstić information content (AvgIpc) is 2.76. The smallest absolute Gasteiger partial charge is 0.360 e. The Morgan fingerprint density at radius 2 is 2.05 bits per heavy atom. The number of imidazole rings is 1. The standard InChI is InChI=1S/C16H21N3O2/c1-4-8-12-9-6-7-10-13(12)19-11(3)18-14(15(19)17)16(20)21-5-2/h6-7,9-10H,4-5,8,17H2,1-3H3. The van der Waals surface area contributed by atoms with Gasteiger partial charge >= 0.3 is 5.97 Å². The molecule has 2 aromatic rings. The van der Waals surface area contributed by atoms with Crippen molar-refractivity contribution in [3.63, 3.8) is 0 Å². The van der Waals surface area contributed by atoms with Crippen molar-refractivity contribution in [3.8, 4) is 5.69 Å². The zero-order chi connectivity index (χ0) is 15.4. The molecule has 2 N–H and O–H groups in total. The summed E-state index contributed by atoms with van der Waals surface area (Å²) in [5, 5.41) is 0. The van der Waals surface area contributed by atoms with E-state index in [0.717, 1.165) is 18.5 Å². The van der Waals surface area contributed by atoms with Crippen LogP contribution in [-0.4, -0.2) is 22.1 Å². The summed E-state index contributed by atoms with van der Waals surface area (Å²) in [7, 11) is 0. The molecule has 0 saturated heterocycles. The fraction of sp³-hybridized carbons (Fsp3) is 0.375. The molecule has 0 aliphatic rings. The van der Waals surface area contributed by atoms with Crippen LogP contribution in [-0.2, 0) is 11.2 Å². The van der Waals surface area contributed by atoms with E-state index in [1.54, 1.807) is 6.92 Å². The maximum atomic E-state index is 11.9. The highest BCUT2D eigenvalue weighted by Crippen LogP contribution is 2.24. The lowest BCUT2D eigenvalue weighted by Gasteiger charge is -2.12. The van der Waals surface area contributed by atoms with Crippen LogP contribution in [0.1, 0.15) is 42.1 Å². The van der Waals surface area contributed by atoms with Crippen molar-refractivity contribution in [3.05, 3.63) is 41.3 Å². The number of hydrogen-bond acceptors (Lipinski definition) is 4. The predicted molar refractivity (Wildman–Crippen MR) is 82.7 cm³/mol. The van der Waals surface area contributed by atoms with Crippen LogP contribution in [0.5, 0.6) is 0 Å². The molecule has 0 unspecified atom stereocenters. The number of aryl methyl sites for hydroxylation is 2. The van der Waals surface area contributed by atoms with Crippen LogP contribution in [0.2, 0.25) is 0 Å². The van der Waals surface area contributed by atoms with Gasteiger partial charge in [-0.25, -0.2) is 9.78 Å². The molecular weight excluding hydrogens is 266 g/mol. The maximum Gasteiger partial charge on any atom is 0.360 e. The Kier molecular flexibility index (Phi) is 4.62. The molecule has 0 fully saturated rings. The van der Waals surface area contributed by atoms with Crippen LogP contribution in [0.25, 0.3) is 5.69 Å². The van der Waals surface area contributed by atoms with E-state index in [1.807, 2.05) is 29.7 Å². The molecule has 0 bridgehead atoms. The molecule has 5 nitrogen and oxygen atoms in total. The molecule has 1 aromatic carbocycles. The number of aromatic nitrogens is 2. The lowest BCUT2D eigenvalue weighted by Crippen LogP contribution is -2.10. The van der Waals surface area contributed by atoms with E-state index in [2.05, 4.69) is 18.0 Å². The third-order valence-corrected chi connectivity index (χ3v) is 3.30. The zero-order valence-corrected chi connectivity index (χ0v) is 12.7. The first-order valence-electron chi connectivity index (χ1n) is 7.20. The van der Waals surface area contributed by atoms with E-state index >= 15 is 0 Å². The number of carbonyl (C=O) groups is 1. The third-order valence-electron chi connectivity index (χ3n) is 3.30. The van der Waals surface area contributed by atoms with Crippen molar-refractivity contribution < 1.29 is 9.53 Å². The predicted octanol–water partition coefficient (Wildman–Crippen LogP) is 2.89. The summed E-state index contributed by atoms with van der Waals surface area (Å²) in [6.07, 6.45) is 1.98. The van der Waals surface area contributed by atoms with E-state index in [9.17, 15) is 4.79 Å². The number of anilines is 1. The van der Waals surface area contributed by atoms with Crippen molar-refractivity contribution in [2.45, 2.75) is 33.6 Å². The molecule has 2 rings (SSSR count). The van der Waals surface area contributed by atoms with Crippen molar-refractivity contribution >= 4 is 11.8 Å². The Labute approximate surface area is 124 Å². The summed E-state index contributed by atoms with van der Waals surface area (Å²) in [5.41, 5.74) is 8.47. The van der Waals surface area contributed by atoms with Gasteiger partial charge < -0.3 is 10.5 Å². The molecule has 0 aliphatic heterocycles. The van der Waals surface area contributed by atoms with Gasteiger partial charge in [0.05, 0.1) is 12.3 Å². The van der Waals surface area contributed by atoms with E-state index in [1.165, 1.54) is 5.56 Å². The summed E-state index contributed by atoms with van der Waals surface area (Å²) >= 11 is 0. The maximum absolute atomic E-state index is 11.9. The number of benzene rings is 1. The van der Waals surface area contributed by atoms with Gasteiger partial charge in [0.1, 0.15) is 11.6 Å². The summed E-state index contributed by atoms with van der Waals surface area (Å²) in [6.45, 7) is 6.03. The van der Waals surface area contributed by atoms with Crippen LogP contribution in [0.3, 0.4) is 0 Å². The lowest BCUT2D eigenvalue weighted by molar-refractivity contribution is 0.0521. The highest BCUT2D eigenvalue weighted by atomic mass is 16.5. The molecule has 1 aromatic heterocycles. The van der Waals surface area contributed by atoms with E-state index in [0.29, 0.717) is 18.2 Å². The number of para-hydroxylation sites is 1. The van der Waals surface area contributed by atoms with Crippen LogP contribution in [0.15, 0.2) is 24.3 Å². The Morgan fingerprint density at radius 1 is 1.33 bits per heavy atom. The monoisotopic (exact) mass is 287 g/mol. The van der Waals surface area contributed by atoms with E-state index in [4.69, 9.17) is 10.5 Å². The summed E-state index contributed by atoms with van der Waals surface area (Å²) in [5.74, 6) is 0.526. The zero-order valence-electron chi connectivity index (χ0n) is 12.7. The molecule has 1 heterocycles. The van der Waals surface area contributed by atoms with Crippen molar-refractivity contribution in [2.24, 2.45) is 0 Å². The number of nitrogens with zero attached hydrogens (tertiary/aromatic N) is 2. The SMILES string of the molecule is CCCc1ccccc1-n1c(C)nc(C(=O)OCC)c1N. The molecular formula is C16H21N3O2. The molecule has 0 atom stereocenters. The van der Waals surface area contributed by atoms with Gasteiger partial charge in [-0.15, -0.1) is 0 Å². The first kappa shape index (κ1) is 15.1. The summed E-state index contributed by atoms with van der Waals surface area (Å²) in [6, 6.07) is 8.02. The second-order valence-electron chi connectivity index (χ2n) is 4.83. The number of ether oxygens (including phenoxy) is 1. The molecule has 0 radical (unpaired) electrons. The first-order valence-corrected chi connectivity index (χ1v) is 7.20. The van der Waals surface area contributed by atoms with Crippen LogP contribution >= 0.6 is 0 Å². The second kappa shape index (κ2) is 6.43. The normalized spacial score (nSPS) is 10.6. The Balaban J connectivity index is 2.53. The molecule has 0 saturated carbocycles.